The lowest BCUT2D eigenvalue weighted by atomic mass is 10.2. The van der Waals surface area contributed by atoms with Gasteiger partial charge in [0.15, 0.2) is 0 Å². The number of hydrogen-bond acceptors (Lipinski definition) is 4. The Labute approximate surface area is 117 Å². The highest BCUT2D eigenvalue weighted by molar-refractivity contribution is 6.29. The molecule has 2 heterocycles. The first-order valence-corrected chi connectivity index (χ1v) is 6.33. The molecule has 2 aromatic rings. The molecule has 5 heteroatoms. The van der Waals surface area contributed by atoms with E-state index >= 15 is 0 Å². The molecule has 0 aliphatic carbocycles. The fraction of sp³-hybridized carbons (Fsp3) is 0.214. The quantitative estimate of drug-likeness (QED) is 0.803. The normalized spacial score (nSPS) is 9.95. The average Bonchev–Trinajstić information content (AvgIpc) is 2.45. The molecular weight excluding hydrogens is 260 g/mol. The van der Waals surface area contributed by atoms with Crippen molar-refractivity contribution in [1.82, 2.24) is 9.97 Å². The molecular formula is C14H13ClN4. The van der Waals surface area contributed by atoms with Gasteiger partial charge in [0.05, 0.1) is 23.9 Å². The third kappa shape index (κ3) is 3.43. The van der Waals surface area contributed by atoms with Crippen LogP contribution in [0.3, 0.4) is 0 Å². The maximum absolute atomic E-state index is 8.96. The number of rotatable bonds is 4. The smallest absolute Gasteiger partial charge is 0.132 e. The van der Waals surface area contributed by atoms with Crippen LogP contribution in [0.15, 0.2) is 36.5 Å². The van der Waals surface area contributed by atoms with Crippen LogP contribution < -0.4 is 4.90 Å². The van der Waals surface area contributed by atoms with Crippen molar-refractivity contribution in [1.29, 1.82) is 5.26 Å². The van der Waals surface area contributed by atoms with Gasteiger partial charge in [-0.25, -0.2) is 4.98 Å². The predicted octanol–water partition coefficient (Wildman–Crippen LogP) is 3.03. The monoisotopic (exact) mass is 272 g/mol. The Bertz CT molecular complexity index is 592. The summed E-state index contributed by atoms with van der Waals surface area (Å²) in [6.07, 6.45) is 1.76. The molecule has 0 aliphatic rings. The van der Waals surface area contributed by atoms with E-state index in [1.165, 1.54) is 0 Å². The van der Waals surface area contributed by atoms with Gasteiger partial charge in [0, 0.05) is 12.7 Å². The van der Waals surface area contributed by atoms with Gasteiger partial charge in [0.25, 0.3) is 0 Å². The Morgan fingerprint density at radius 1 is 1.37 bits per heavy atom. The third-order valence-electron chi connectivity index (χ3n) is 2.69. The first-order chi connectivity index (χ1) is 9.22. The zero-order valence-electron chi connectivity index (χ0n) is 10.5. The summed E-state index contributed by atoms with van der Waals surface area (Å²) in [7, 11) is 0. The number of hydrogen-bond donors (Lipinski definition) is 0. The average molecular weight is 273 g/mol. The minimum Gasteiger partial charge on any atom is -0.351 e. The Balaban J connectivity index is 2.27. The summed E-state index contributed by atoms with van der Waals surface area (Å²) in [6, 6.07) is 11.2. The van der Waals surface area contributed by atoms with Crippen LogP contribution in [-0.4, -0.2) is 16.5 Å². The summed E-state index contributed by atoms with van der Waals surface area (Å²) in [5.74, 6) is 0.692. The van der Waals surface area contributed by atoms with Gasteiger partial charge in [0.2, 0.25) is 0 Å². The molecule has 0 saturated heterocycles. The summed E-state index contributed by atoms with van der Waals surface area (Å²) < 4.78 is 0. The molecule has 4 nitrogen and oxygen atoms in total. The second kappa shape index (κ2) is 6.17. The van der Waals surface area contributed by atoms with Crippen molar-refractivity contribution in [2.75, 3.05) is 11.4 Å². The van der Waals surface area contributed by atoms with Crippen molar-refractivity contribution in [3.63, 3.8) is 0 Å². The van der Waals surface area contributed by atoms with Crippen LogP contribution in [-0.2, 0) is 6.54 Å². The number of nitriles is 1. The van der Waals surface area contributed by atoms with Crippen LogP contribution in [0.1, 0.15) is 18.2 Å². The van der Waals surface area contributed by atoms with Gasteiger partial charge in [0.1, 0.15) is 11.0 Å². The molecule has 0 amide bonds. The predicted molar refractivity (Wildman–Crippen MR) is 74.9 cm³/mol. The Hall–Kier alpha value is -2.12. The largest absolute Gasteiger partial charge is 0.351 e. The molecule has 0 unspecified atom stereocenters. The van der Waals surface area contributed by atoms with Crippen molar-refractivity contribution in [2.45, 2.75) is 13.5 Å². The molecule has 0 N–H and O–H groups in total. The summed E-state index contributed by atoms with van der Waals surface area (Å²) >= 11 is 5.93. The molecule has 2 aromatic heterocycles. The fourth-order valence-corrected chi connectivity index (χ4v) is 1.96. The highest BCUT2D eigenvalue weighted by Gasteiger charge is 2.09. The SMILES string of the molecule is CCN(Cc1ccccn1)c1cc(C#N)cc(Cl)n1. The second-order valence-corrected chi connectivity index (χ2v) is 4.37. The molecule has 0 spiro atoms. The van der Waals surface area contributed by atoms with E-state index < -0.39 is 0 Å². The van der Waals surface area contributed by atoms with Gasteiger partial charge in [-0.15, -0.1) is 0 Å². The van der Waals surface area contributed by atoms with E-state index in [0.29, 0.717) is 23.1 Å². The fourth-order valence-electron chi connectivity index (χ4n) is 1.75. The van der Waals surface area contributed by atoms with Gasteiger partial charge < -0.3 is 4.90 Å². The molecule has 19 heavy (non-hydrogen) atoms. The van der Waals surface area contributed by atoms with E-state index in [-0.39, 0.29) is 0 Å². The molecule has 0 bridgehead atoms. The summed E-state index contributed by atoms with van der Waals surface area (Å²) in [6.45, 7) is 3.42. The van der Waals surface area contributed by atoms with Gasteiger partial charge in [-0.2, -0.15) is 5.26 Å². The molecule has 2 rings (SSSR count). The highest BCUT2D eigenvalue weighted by Crippen LogP contribution is 2.19. The Morgan fingerprint density at radius 2 is 2.21 bits per heavy atom. The summed E-state index contributed by atoms with van der Waals surface area (Å²) in [4.78, 5) is 10.6. The maximum Gasteiger partial charge on any atom is 0.132 e. The van der Waals surface area contributed by atoms with E-state index in [0.717, 1.165) is 12.2 Å². The lowest BCUT2D eigenvalue weighted by molar-refractivity contribution is 0.794. The molecule has 0 aromatic carbocycles. The van der Waals surface area contributed by atoms with Crippen LogP contribution in [0.2, 0.25) is 5.15 Å². The van der Waals surface area contributed by atoms with Gasteiger partial charge in [-0.3, -0.25) is 4.98 Å². The van der Waals surface area contributed by atoms with Crippen LogP contribution in [0.25, 0.3) is 0 Å². The topological polar surface area (TPSA) is 52.8 Å². The van der Waals surface area contributed by atoms with Crippen LogP contribution in [0, 0.1) is 11.3 Å². The van der Waals surface area contributed by atoms with Crippen molar-refractivity contribution in [2.24, 2.45) is 0 Å². The maximum atomic E-state index is 8.96. The minimum atomic E-state index is 0.327. The van der Waals surface area contributed by atoms with Crippen molar-refractivity contribution in [3.05, 3.63) is 52.9 Å². The summed E-state index contributed by atoms with van der Waals surface area (Å²) in [5, 5.41) is 9.29. The van der Waals surface area contributed by atoms with E-state index in [1.807, 2.05) is 30.0 Å². The molecule has 0 radical (unpaired) electrons. The first-order valence-electron chi connectivity index (χ1n) is 5.95. The van der Waals surface area contributed by atoms with Crippen molar-refractivity contribution < 1.29 is 0 Å². The van der Waals surface area contributed by atoms with Crippen molar-refractivity contribution in [3.8, 4) is 6.07 Å². The second-order valence-electron chi connectivity index (χ2n) is 3.98. The molecule has 0 saturated carbocycles. The van der Waals surface area contributed by atoms with E-state index in [4.69, 9.17) is 16.9 Å². The standard InChI is InChI=1S/C14H13ClN4/c1-2-19(10-12-5-3-4-6-17-12)14-8-11(9-16)7-13(15)18-14/h3-8H,2,10H2,1H3. The van der Waals surface area contributed by atoms with Crippen LogP contribution >= 0.6 is 11.6 Å². The van der Waals surface area contributed by atoms with Crippen LogP contribution in [0.4, 0.5) is 5.82 Å². The zero-order chi connectivity index (χ0) is 13.7. The van der Waals surface area contributed by atoms with Crippen molar-refractivity contribution >= 4 is 17.4 Å². The number of anilines is 1. The third-order valence-corrected chi connectivity index (χ3v) is 2.89. The van der Waals surface area contributed by atoms with E-state index in [1.54, 1.807) is 18.3 Å². The minimum absolute atomic E-state index is 0.327. The van der Waals surface area contributed by atoms with E-state index in [9.17, 15) is 0 Å². The van der Waals surface area contributed by atoms with E-state index in [2.05, 4.69) is 16.0 Å². The lowest BCUT2D eigenvalue weighted by Gasteiger charge is -2.21. The number of halogens is 1. The van der Waals surface area contributed by atoms with Crippen LogP contribution in [0.5, 0.6) is 0 Å². The Kier molecular flexibility index (Phi) is 4.32. The van der Waals surface area contributed by atoms with Gasteiger partial charge in [-0.05, 0) is 31.2 Å². The number of pyridine rings is 2. The highest BCUT2D eigenvalue weighted by atomic mass is 35.5. The first kappa shape index (κ1) is 13.3. The molecule has 0 atom stereocenters. The van der Waals surface area contributed by atoms with Gasteiger partial charge >= 0.3 is 0 Å². The number of nitrogens with zero attached hydrogens (tertiary/aromatic N) is 4. The number of aromatic nitrogens is 2. The molecule has 0 aliphatic heterocycles. The molecule has 0 fully saturated rings. The zero-order valence-corrected chi connectivity index (χ0v) is 11.3. The lowest BCUT2D eigenvalue weighted by Crippen LogP contribution is -2.23. The molecule has 96 valence electrons. The van der Waals surface area contributed by atoms with Gasteiger partial charge in [-0.1, -0.05) is 17.7 Å². The Morgan fingerprint density at radius 3 is 2.84 bits per heavy atom. The summed E-state index contributed by atoms with van der Waals surface area (Å²) in [5.41, 5.74) is 1.46.